The van der Waals surface area contributed by atoms with Gasteiger partial charge in [-0.1, -0.05) is 20.4 Å². The van der Waals surface area contributed by atoms with E-state index in [1.54, 1.807) is 6.07 Å². The molecule has 0 aliphatic carbocycles. The molecule has 0 bridgehead atoms. The van der Waals surface area contributed by atoms with E-state index in [9.17, 15) is 4.39 Å². The molecule has 0 radical (unpaired) electrons. The molecule has 0 fully saturated rings. The van der Waals surface area contributed by atoms with Crippen molar-refractivity contribution < 1.29 is 9.13 Å². The first-order valence-electron chi connectivity index (χ1n) is 4.56. The zero-order valence-corrected chi connectivity index (χ0v) is 10.9. The number of nitrogens with zero attached hydrogens (tertiary/aromatic N) is 2. The Hall–Kier alpha value is -1.25. The van der Waals surface area contributed by atoms with Gasteiger partial charge in [0.25, 0.3) is 0 Å². The van der Waals surface area contributed by atoms with Gasteiger partial charge in [0.15, 0.2) is 5.00 Å². The molecule has 2 aromatic rings. The van der Waals surface area contributed by atoms with Crippen LogP contribution < -0.4 is 16.0 Å². The predicted octanol–water partition coefficient (Wildman–Crippen LogP) is 2.30. The molecule has 0 saturated carbocycles. The Morgan fingerprint density at radius 1 is 1.47 bits per heavy atom. The Labute approximate surface area is 109 Å². The lowest BCUT2D eigenvalue weighted by atomic mass is 10.3. The van der Waals surface area contributed by atoms with E-state index < -0.39 is 0 Å². The number of nitrogens with two attached hydrogens (primary N) is 1. The van der Waals surface area contributed by atoms with Crippen molar-refractivity contribution in [3.05, 3.63) is 34.2 Å². The lowest BCUT2D eigenvalue weighted by molar-refractivity contribution is 0.300. The number of ether oxygens (including phenoxy) is 1. The highest BCUT2D eigenvalue weighted by atomic mass is 79.9. The molecule has 3 N–H and O–H groups in total. The number of nitrogens with one attached hydrogen (secondary N) is 1. The van der Waals surface area contributed by atoms with E-state index in [-0.39, 0.29) is 12.4 Å². The standard InChI is InChI=1S/C9H8BrFN4OS/c10-5-1-6(11)3-7(2-5)16-4-8-9(13-12)17-15-14-8/h1-3,13H,4,12H2. The molecular weight excluding hydrogens is 311 g/mol. The molecule has 0 saturated heterocycles. The molecule has 0 spiro atoms. The van der Waals surface area contributed by atoms with Crippen molar-refractivity contribution in [2.24, 2.45) is 5.84 Å². The van der Waals surface area contributed by atoms with Crippen molar-refractivity contribution in [3.8, 4) is 5.75 Å². The second kappa shape index (κ2) is 5.39. The SMILES string of the molecule is NNc1snnc1COc1cc(F)cc(Br)c1. The molecule has 5 nitrogen and oxygen atoms in total. The summed E-state index contributed by atoms with van der Waals surface area (Å²) in [7, 11) is 0. The lowest BCUT2D eigenvalue weighted by Crippen LogP contribution is -2.08. The van der Waals surface area contributed by atoms with Gasteiger partial charge in [-0.2, -0.15) is 0 Å². The van der Waals surface area contributed by atoms with E-state index in [0.29, 0.717) is 20.9 Å². The van der Waals surface area contributed by atoms with E-state index in [0.717, 1.165) is 11.5 Å². The number of benzene rings is 1. The number of aromatic nitrogens is 2. The molecule has 90 valence electrons. The van der Waals surface area contributed by atoms with Crippen molar-refractivity contribution >= 4 is 32.5 Å². The molecule has 2 rings (SSSR count). The molecule has 8 heteroatoms. The zero-order chi connectivity index (χ0) is 12.3. The van der Waals surface area contributed by atoms with E-state index in [1.807, 2.05) is 0 Å². The first-order chi connectivity index (χ1) is 8.19. The minimum Gasteiger partial charge on any atom is -0.487 e. The Balaban J connectivity index is 2.07. The highest BCUT2D eigenvalue weighted by Gasteiger charge is 2.08. The van der Waals surface area contributed by atoms with Gasteiger partial charge in [0.2, 0.25) is 0 Å². The third-order valence-electron chi connectivity index (χ3n) is 1.90. The normalized spacial score (nSPS) is 10.3. The molecule has 0 aliphatic rings. The fraction of sp³-hybridized carbons (Fsp3) is 0.111. The minimum atomic E-state index is -0.372. The van der Waals surface area contributed by atoms with Crippen molar-refractivity contribution in [2.45, 2.75) is 6.61 Å². The number of anilines is 1. The van der Waals surface area contributed by atoms with E-state index in [1.165, 1.54) is 12.1 Å². The van der Waals surface area contributed by atoms with Crippen LogP contribution in [0, 0.1) is 5.82 Å². The Bertz CT molecular complexity index is 501. The van der Waals surface area contributed by atoms with Gasteiger partial charge < -0.3 is 10.2 Å². The fourth-order valence-corrected chi connectivity index (χ4v) is 2.10. The maximum atomic E-state index is 13.1. The fourth-order valence-electron chi connectivity index (χ4n) is 1.18. The van der Waals surface area contributed by atoms with Crippen molar-refractivity contribution in [1.82, 2.24) is 9.59 Å². The van der Waals surface area contributed by atoms with Crippen LogP contribution in [0.2, 0.25) is 0 Å². The van der Waals surface area contributed by atoms with Gasteiger partial charge in [-0.15, -0.1) is 5.10 Å². The summed E-state index contributed by atoms with van der Waals surface area (Å²) in [5.74, 6) is 5.31. The smallest absolute Gasteiger partial charge is 0.150 e. The Morgan fingerprint density at radius 2 is 2.29 bits per heavy atom. The van der Waals surface area contributed by atoms with Gasteiger partial charge in [-0.3, -0.25) is 0 Å². The first-order valence-corrected chi connectivity index (χ1v) is 6.12. The highest BCUT2D eigenvalue weighted by molar-refractivity contribution is 9.10. The van der Waals surface area contributed by atoms with Gasteiger partial charge in [0.1, 0.15) is 23.9 Å². The summed E-state index contributed by atoms with van der Waals surface area (Å²) in [6.45, 7) is 0.173. The summed E-state index contributed by atoms with van der Waals surface area (Å²) in [6, 6.07) is 4.31. The van der Waals surface area contributed by atoms with Crippen molar-refractivity contribution in [1.29, 1.82) is 0 Å². The van der Waals surface area contributed by atoms with Gasteiger partial charge in [0.05, 0.1) is 0 Å². The monoisotopic (exact) mass is 318 g/mol. The van der Waals surface area contributed by atoms with Gasteiger partial charge in [0, 0.05) is 22.1 Å². The molecule has 0 unspecified atom stereocenters. The lowest BCUT2D eigenvalue weighted by Gasteiger charge is -2.05. The highest BCUT2D eigenvalue weighted by Crippen LogP contribution is 2.23. The molecule has 0 atom stereocenters. The Kier molecular flexibility index (Phi) is 3.87. The largest absolute Gasteiger partial charge is 0.487 e. The molecule has 0 aliphatic heterocycles. The first kappa shape index (κ1) is 12.2. The van der Waals surface area contributed by atoms with Crippen LogP contribution in [0.1, 0.15) is 5.69 Å². The second-order valence-electron chi connectivity index (χ2n) is 3.09. The Morgan fingerprint density at radius 3 is 3.00 bits per heavy atom. The van der Waals surface area contributed by atoms with Crippen LogP contribution in [0.15, 0.2) is 22.7 Å². The molecule has 1 heterocycles. The van der Waals surface area contributed by atoms with Crippen molar-refractivity contribution in [3.63, 3.8) is 0 Å². The van der Waals surface area contributed by atoms with Gasteiger partial charge >= 0.3 is 0 Å². The van der Waals surface area contributed by atoms with Crippen LogP contribution in [0.3, 0.4) is 0 Å². The summed E-state index contributed by atoms with van der Waals surface area (Å²) in [4.78, 5) is 0. The molecule has 1 aromatic carbocycles. The average Bonchev–Trinajstić information content (AvgIpc) is 2.72. The molecule has 17 heavy (non-hydrogen) atoms. The number of nitrogen functional groups attached to an aromatic ring is 1. The van der Waals surface area contributed by atoms with Gasteiger partial charge in [-0.05, 0) is 12.1 Å². The number of hydrogen-bond acceptors (Lipinski definition) is 6. The second-order valence-corrected chi connectivity index (χ2v) is 4.76. The van der Waals surface area contributed by atoms with Crippen LogP contribution >= 0.6 is 27.5 Å². The third-order valence-corrected chi connectivity index (χ3v) is 3.06. The van der Waals surface area contributed by atoms with Crippen LogP contribution in [0.5, 0.6) is 5.75 Å². The summed E-state index contributed by atoms with van der Waals surface area (Å²) in [5, 5.41) is 4.47. The number of halogens is 2. The summed E-state index contributed by atoms with van der Waals surface area (Å²) in [5.41, 5.74) is 3.05. The number of hydrazine groups is 1. The molecule has 0 amide bonds. The molecule has 1 aromatic heterocycles. The van der Waals surface area contributed by atoms with Crippen LogP contribution in [0.25, 0.3) is 0 Å². The maximum Gasteiger partial charge on any atom is 0.150 e. The zero-order valence-electron chi connectivity index (χ0n) is 8.48. The van der Waals surface area contributed by atoms with E-state index >= 15 is 0 Å². The van der Waals surface area contributed by atoms with E-state index in [4.69, 9.17) is 10.6 Å². The summed E-state index contributed by atoms with van der Waals surface area (Å²) in [6.07, 6.45) is 0. The van der Waals surface area contributed by atoms with Crippen LogP contribution in [-0.4, -0.2) is 9.59 Å². The van der Waals surface area contributed by atoms with E-state index in [2.05, 4.69) is 30.9 Å². The minimum absolute atomic E-state index is 0.173. The summed E-state index contributed by atoms with van der Waals surface area (Å²) >= 11 is 4.31. The summed E-state index contributed by atoms with van der Waals surface area (Å²) < 4.78 is 22.8. The average molecular weight is 319 g/mol. The number of hydrogen-bond donors (Lipinski definition) is 2. The van der Waals surface area contributed by atoms with Crippen molar-refractivity contribution in [2.75, 3.05) is 5.43 Å². The van der Waals surface area contributed by atoms with Crippen LogP contribution in [0.4, 0.5) is 9.39 Å². The topological polar surface area (TPSA) is 73.1 Å². The number of rotatable bonds is 4. The predicted molar refractivity (Wildman–Crippen MR) is 66.2 cm³/mol. The molecular formula is C9H8BrFN4OS. The maximum absolute atomic E-state index is 13.1. The van der Waals surface area contributed by atoms with Gasteiger partial charge in [-0.25, -0.2) is 10.2 Å². The quantitative estimate of drug-likeness (QED) is 0.668. The van der Waals surface area contributed by atoms with Crippen LogP contribution in [-0.2, 0) is 6.61 Å². The third kappa shape index (κ3) is 3.11.